The minimum absolute atomic E-state index is 0.153. The van der Waals surface area contributed by atoms with Gasteiger partial charge in [-0.3, -0.25) is 4.79 Å². The molecular formula is C21H19F2N3O. The summed E-state index contributed by atoms with van der Waals surface area (Å²) in [5.74, 6) is -0.188. The highest BCUT2D eigenvalue weighted by atomic mass is 19.1. The lowest BCUT2D eigenvalue weighted by Gasteiger charge is -2.23. The van der Waals surface area contributed by atoms with E-state index in [4.69, 9.17) is 0 Å². The Morgan fingerprint density at radius 3 is 2.56 bits per heavy atom. The van der Waals surface area contributed by atoms with Gasteiger partial charge in [-0.25, -0.2) is 13.8 Å². The predicted molar refractivity (Wildman–Crippen MR) is 97.0 cm³/mol. The molecule has 1 aliphatic carbocycles. The molecule has 1 heterocycles. The van der Waals surface area contributed by atoms with Crippen molar-refractivity contribution in [3.63, 3.8) is 0 Å². The van der Waals surface area contributed by atoms with Gasteiger partial charge in [-0.1, -0.05) is 18.2 Å². The average Bonchev–Trinajstić information content (AvgIpc) is 3.40. The van der Waals surface area contributed by atoms with Crippen LogP contribution in [0.5, 0.6) is 0 Å². The van der Waals surface area contributed by atoms with Crippen LogP contribution in [-0.2, 0) is 13.1 Å². The smallest absolute Gasteiger partial charge is 0.254 e. The van der Waals surface area contributed by atoms with Gasteiger partial charge >= 0.3 is 0 Å². The van der Waals surface area contributed by atoms with Gasteiger partial charge in [0.2, 0.25) is 0 Å². The molecule has 4 rings (SSSR count). The van der Waals surface area contributed by atoms with Crippen LogP contribution in [0.4, 0.5) is 8.78 Å². The zero-order chi connectivity index (χ0) is 18.8. The first-order valence-electron chi connectivity index (χ1n) is 8.91. The topological polar surface area (TPSA) is 38.1 Å². The number of rotatable bonds is 6. The molecule has 1 aromatic heterocycles. The number of hydrogen-bond acceptors (Lipinski definition) is 2. The molecule has 0 spiro atoms. The summed E-state index contributed by atoms with van der Waals surface area (Å²) in [6, 6.07) is 12.3. The van der Waals surface area contributed by atoms with Gasteiger partial charge in [-0.2, -0.15) is 0 Å². The second-order valence-corrected chi connectivity index (χ2v) is 6.78. The summed E-state index contributed by atoms with van der Waals surface area (Å²) in [5.41, 5.74) is 1.16. The van der Waals surface area contributed by atoms with E-state index in [1.807, 2.05) is 16.8 Å². The Bertz CT molecular complexity index is 965. The first-order chi connectivity index (χ1) is 13.1. The number of amides is 1. The van der Waals surface area contributed by atoms with Gasteiger partial charge in [0.05, 0.1) is 6.54 Å². The van der Waals surface area contributed by atoms with E-state index in [0.717, 1.165) is 24.2 Å². The van der Waals surface area contributed by atoms with Gasteiger partial charge < -0.3 is 9.47 Å². The molecule has 0 saturated heterocycles. The summed E-state index contributed by atoms with van der Waals surface area (Å²) < 4.78 is 28.9. The van der Waals surface area contributed by atoms with Crippen LogP contribution in [0, 0.1) is 11.6 Å². The molecule has 1 saturated carbocycles. The quantitative estimate of drug-likeness (QED) is 0.660. The molecule has 4 nitrogen and oxygen atoms in total. The minimum atomic E-state index is -0.427. The largest absolute Gasteiger partial charge is 0.329 e. The monoisotopic (exact) mass is 367 g/mol. The Morgan fingerprint density at radius 2 is 1.85 bits per heavy atom. The molecule has 1 fully saturated rings. The molecule has 1 aliphatic rings. The molecule has 0 unspecified atom stereocenters. The molecule has 0 N–H and O–H groups in total. The summed E-state index contributed by atoms with van der Waals surface area (Å²) >= 11 is 0. The summed E-state index contributed by atoms with van der Waals surface area (Å²) in [6.07, 6.45) is 5.36. The lowest BCUT2D eigenvalue weighted by Crippen LogP contribution is -2.33. The van der Waals surface area contributed by atoms with Gasteiger partial charge in [0.25, 0.3) is 5.91 Å². The van der Waals surface area contributed by atoms with Crippen molar-refractivity contribution in [2.45, 2.75) is 32.0 Å². The SMILES string of the molecule is O=C(c1cccc(F)c1)N(Cc1nccn1Cc1cccc(F)c1)C1CC1. The van der Waals surface area contributed by atoms with Crippen molar-refractivity contribution in [1.29, 1.82) is 0 Å². The number of carbonyl (C=O) groups is 1. The zero-order valence-electron chi connectivity index (χ0n) is 14.7. The van der Waals surface area contributed by atoms with E-state index in [2.05, 4.69) is 4.98 Å². The number of nitrogens with zero attached hydrogens (tertiary/aromatic N) is 3. The first kappa shape index (κ1) is 17.4. The summed E-state index contributed by atoms with van der Waals surface area (Å²) in [5, 5.41) is 0. The van der Waals surface area contributed by atoms with Crippen LogP contribution in [0.3, 0.4) is 0 Å². The molecule has 138 valence electrons. The van der Waals surface area contributed by atoms with Crippen molar-refractivity contribution in [2.75, 3.05) is 0 Å². The van der Waals surface area contributed by atoms with Crippen molar-refractivity contribution >= 4 is 5.91 Å². The van der Waals surface area contributed by atoms with Crippen LogP contribution < -0.4 is 0 Å². The van der Waals surface area contributed by atoms with E-state index in [1.54, 1.807) is 29.3 Å². The zero-order valence-corrected chi connectivity index (χ0v) is 14.7. The molecule has 1 amide bonds. The second kappa shape index (κ2) is 7.31. The van der Waals surface area contributed by atoms with Crippen LogP contribution in [0.15, 0.2) is 60.9 Å². The molecular weight excluding hydrogens is 348 g/mol. The van der Waals surface area contributed by atoms with E-state index in [1.165, 1.54) is 24.3 Å². The number of benzene rings is 2. The van der Waals surface area contributed by atoms with E-state index >= 15 is 0 Å². The van der Waals surface area contributed by atoms with Gasteiger partial charge in [-0.05, 0) is 48.7 Å². The van der Waals surface area contributed by atoms with Crippen molar-refractivity contribution in [3.05, 3.63) is 89.5 Å². The Labute approximate surface area is 156 Å². The Kier molecular flexibility index (Phi) is 4.71. The molecule has 2 aromatic carbocycles. The molecule has 0 aliphatic heterocycles. The number of halogens is 2. The first-order valence-corrected chi connectivity index (χ1v) is 8.91. The predicted octanol–water partition coefficient (Wildman–Crippen LogP) is 4.01. The second-order valence-electron chi connectivity index (χ2n) is 6.78. The van der Waals surface area contributed by atoms with Crippen LogP contribution in [0.1, 0.15) is 34.6 Å². The highest BCUT2D eigenvalue weighted by Crippen LogP contribution is 2.30. The van der Waals surface area contributed by atoms with E-state index < -0.39 is 5.82 Å². The molecule has 6 heteroatoms. The third kappa shape index (κ3) is 4.05. The van der Waals surface area contributed by atoms with Crippen LogP contribution >= 0.6 is 0 Å². The Hall–Kier alpha value is -3.02. The highest BCUT2D eigenvalue weighted by molar-refractivity contribution is 5.94. The minimum Gasteiger partial charge on any atom is -0.329 e. The van der Waals surface area contributed by atoms with E-state index in [-0.39, 0.29) is 17.8 Å². The number of carbonyl (C=O) groups excluding carboxylic acids is 1. The summed E-state index contributed by atoms with van der Waals surface area (Å²) in [4.78, 5) is 19.0. The lowest BCUT2D eigenvalue weighted by atomic mass is 10.2. The van der Waals surface area contributed by atoms with Crippen LogP contribution in [-0.4, -0.2) is 26.4 Å². The third-order valence-corrected chi connectivity index (χ3v) is 4.68. The summed E-state index contributed by atoms with van der Waals surface area (Å²) in [6.45, 7) is 0.808. The Morgan fingerprint density at radius 1 is 1.11 bits per heavy atom. The Balaban J connectivity index is 1.55. The number of aromatic nitrogens is 2. The maximum Gasteiger partial charge on any atom is 0.254 e. The van der Waals surface area contributed by atoms with Crippen molar-refractivity contribution in [3.8, 4) is 0 Å². The fraction of sp³-hybridized carbons (Fsp3) is 0.238. The third-order valence-electron chi connectivity index (χ3n) is 4.68. The summed E-state index contributed by atoms with van der Waals surface area (Å²) in [7, 11) is 0. The molecule has 0 radical (unpaired) electrons. The normalized spacial score (nSPS) is 13.6. The van der Waals surface area contributed by atoms with Crippen molar-refractivity contribution in [1.82, 2.24) is 14.5 Å². The fourth-order valence-corrected chi connectivity index (χ4v) is 3.16. The molecule has 3 aromatic rings. The van der Waals surface area contributed by atoms with Gasteiger partial charge in [-0.15, -0.1) is 0 Å². The molecule has 0 atom stereocenters. The number of hydrogen-bond donors (Lipinski definition) is 0. The van der Waals surface area contributed by atoms with Crippen LogP contribution in [0.2, 0.25) is 0 Å². The number of imidazole rings is 1. The van der Waals surface area contributed by atoms with Gasteiger partial charge in [0, 0.05) is 30.5 Å². The lowest BCUT2D eigenvalue weighted by molar-refractivity contribution is 0.0723. The molecule has 0 bridgehead atoms. The fourth-order valence-electron chi connectivity index (χ4n) is 3.16. The molecule has 27 heavy (non-hydrogen) atoms. The maximum absolute atomic E-state index is 13.5. The van der Waals surface area contributed by atoms with E-state index in [0.29, 0.717) is 18.7 Å². The van der Waals surface area contributed by atoms with E-state index in [9.17, 15) is 13.6 Å². The maximum atomic E-state index is 13.5. The standard InChI is InChI=1S/C21H19F2N3O/c22-17-5-1-3-15(11-17)13-25-10-9-24-20(25)14-26(19-7-8-19)21(27)16-4-2-6-18(23)12-16/h1-6,9-12,19H,7-8,13-14H2. The van der Waals surface area contributed by atoms with Gasteiger partial charge in [0.15, 0.2) is 0 Å². The van der Waals surface area contributed by atoms with Crippen LogP contribution in [0.25, 0.3) is 0 Å². The average molecular weight is 367 g/mol. The van der Waals surface area contributed by atoms with Crippen molar-refractivity contribution < 1.29 is 13.6 Å². The van der Waals surface area contributed by atoms with Gasteiger partial charge in [0.1, 0.15) is 17.5 Å². The van der Waals surface area contributed by atoms with Crippen molar-refractivity contribution in [2.24, 2.45) is 0 Å². The highest BCUT2D eigenvalue weighted by Gasteiger charge is 2.34.